The van der Waals surface area contributed by atoms with Crippen LogP contribution < -0.4 is 4.74 Å². The average Bonchev–Trinajstić information content (AvgIpc) is 3.18. The van der Waals surface area contributed by atoms with Gasteiger partial charge in [0.05, 0.1) is 32.2 Å². The second kappa shape index (κ2) is 8.26. The summed E-state index contributed by atoms with van der Waals surface area (Å²) in [6.07, 6.45) is 0.289. The fourth-order valence-electron chi connectivity index (χ4n) is 2.69. The van der Waals surface area contributed by atoms with E-state index in [2.05, 4.69) is 4.98 Å². The Morgan fingerprint density at radius 3 is 2.52 bits per heavy atom. The van der Waals surface area contributed by atoms with Gasteiger partial charge in [0.25, 0.3) is 0 Å². The summed E-state index contributed by atoms with van der Waals surface area (Å²) in [6, 6.07) is 12.5. The molecule has 0 radical (unpaired) electrons. The zero-order valence-electron chi connectivity index (χ0n) is 14.7. The second-order valence-electron chi connectivity index (χ2n) is 6.03. The van der Waals surface area contributed by atoms with E-state index < -0.39 is 17.8 Å². The lowest BCUT2D eigenvalue weighted by Crippen LogP contribution is -2.13. The molecule has 0 aliphatic carbocycles. The number of halogens is 3. The number of rotatable bonds is 7. The maximum atomic E-state index is 12.8. The van der Waals surface area contributed by atoms with Crippen LogP contribution in [0.5, 0.6) is 5.75 Å². The Hall–Kier alpha value is -2.80. The monoisotopic (exact) mass is 376 g/mol. The molecule has 0 amide bonds. The van der Waals surface area contributed by atoms with E-state index in [1.165, 1.54) is 12.1 Å². The summed E-state index contributed by atoms with van der Waals surface area (Å²) in [5.41, 5.74) is 0.900. The van der Waals surface area contributed by atoms with Gasteiger partial charge < -0.3 is 14.0 Å². The third-order valence-electron chi connectivity index (χ3n) is 4.13. The third-order valence-corrected chi connectivity index (χ3v) is 4.13. The predicted octanol–water partition coefficient (Wildman–Crippen LogP) is 4.87. The molecule has 0 saturated heterocycles. The lowest BCUT2D eigenvalue weighted by molar-refractivity contribution is -0.137. The molecular formula is C20H19F3N2O2. The van der Waals surface area contributed by atoms with E-state index in [1.54, 1.807) is 25.8 Å². The molecule has 0 N–H and O–H groups in total. The van der Waals surface area contributed by atoms with Crippen molar-refractivity contribution in [3.63, 3.8) is 0 Å². The molecule has 0 aliphatic rings. The van der Waals surface area contributed by atoms with Crippen LogP contribution in [0.2, 0.25) is 0 Å². The summed E-state index contributed by atoms with van der Waals surface area (Å²) in [5, 5.41) is 0. The second-order valence-corrected chi connectivity index (χ2v) is 6.03. The van der Waals surface area contributed by atoms with Crippen LogP contribution >= 0.6 is 0 Å². The Morgan fingerprint density at radius 1 is 1.11 bits per heavy atom. The maximum Gasteiger partial charge on any atom is 0.416 e. The zero-order chi connectivity index (χ0) is 19.3. The van der Waals surface area contributed by atoms with Gasteiger partial charge in [-0.25, -0.2) is 4.98 Å². The summed E-state index contributed by atoms with van der Waals surface area (Å²) < 4.78 is 51.5. The van der Waals surface area contributed by atoms with Crippen LogP contribution in [0.1, 0.15) is 22.8 Å². The van der Waals surface area contributed by atoms with Crippen LogP contribution in [-0.4, -0.2) is 16.7 Å². The van der Waals surface area contributed by atoms with E-state index in [0.29, 0.717) is 18.7 Å². The van der Waals surface area contributed by atoms with Gasteiger partial charge in [0.1, 0.15) is 11.9 Å². The summed E-state index contributed by atoms with van der Waals surface area (Å²) in [4.78, 5) is 4.00. The molecular weight excluding hydrogens is 357 g/mol. The van der Waals surface area contributed by atoms with Crippen LogP contribution in [0.4, 0.5) is 13.2 Å². The number of alkyl halides is 3. The topological polar surface area (TPSA) is 36.3 Å². The van der Waals surface area contributed by atoms with Gasteiger partial charge in [-0.3, -0.25) is 0 Å². The normalized spacial score (nSPS) is 12.7. The fourth-order valence-corrected chi connectivity index (χ4v) is 2.69. The maximum absolute atomic E-state index is 12.8. The molecule has 27 heavy (non-hydrogen) atoms. The highest BCUT2D eigenvalue weighted by molar-refractivity contribution is 5.28. The Labute approximate surface area is 155 Å². The van der Waals surface area contributed by atoms with Gasteiger partial charge in [-0.1, -0.05) is 24.3 Å². The molecule has 1 aromatic heterocycles. The first-order valence-electron chi connectivity index (χ1n) is 8.33. The Kier molecular flexibility index (Phi) is 5.81. The predicted molar refractivity (Wildman–Crippen MR) is 94.2 cm³/mol. The van der Waals surface area contributed by atoms with Crippen molar-refractivity contribution in [1.82, 2.24) is 9.55 Å². The van der Waals surface area contributed by atoms with E-state index in [9.17, 15) is 13.2 Å². The number of benzene rings is 2. The van der Waals surface area contributed by atoms with Gasteiger partial charge >= 0.3 is 6.18 Å². The van der Waals surface area contributed by atoms with E-state index in [0.717, 1.165) is 23.4 Å². The number of nitrogens with zero attached hydrogens (tertiary/aromatic N) is 2. The molecule has 3 rings (SSSR count). The summed E-state index contributed by atoms with van der Waals surface area (Å²) in [5.74, 6) is 0.719. The summed E-state index contributed by atoms with van der Waals surface area (Å²) >= 11 is 0. The summed E-state index contributed by atoms with van der Waals surface area (Å²) in [7, 11) is 1.59. The largest absolute Gasteiger partial charge is 0.497 e. The number of methoxy groups -OCH3 is 1. The number of aromatic nitrogens is 2. The van der Waals surface area contributed by atoms with Crippen molar-refractivity contribution in [3.8, 4) is 5.75 Å². The number of imidazole rings is 1. The minimum absolute atomic E-state index is 0.303. The van der Waals surface area contributed by atoms with Gasteiger partial charge in [-0.05, 0) is 35.4 Å². The molecule has 1 atom stereocenters. The molecule has 3 aromatic rings. The molecule has 1 heterocycles. The van der Waals surface area contributed by atoms with Crippen molar-refractivity contribution in [2.24, 2.45) is 0 Å². The van der Waals surface area contributed by atoms with Crippen molar-refractivity contribution in [2.45, 2.75) is 25.4 Å². The Morgan fingerprint density at radius 2 is 1.89 bits per heavy atom. The number of ether oxygens (including phenoxy) is 2. The van der Waals surface area contributed by atoms with Gasteiger partial charge in [0.15, 0.2) is 0 Å². The average molecular weight is 376 g/mol. The van der Waals surface area contributed by atoms with Crippen LogP contribution in [0.25, 0.3) is 0 Å². The fraction of sp³-hybridized carbons (Fsp3) is 0.250. The lowest BCUT2D eigenvalue weighted by Gasteiger charge is -2.20. The molecule has 0 spiro atoms. The summed E-state index contributed by atoms with van der Waals surface area (Å²) in [6.45, 7) is 0.743. The quantitative estimate of drug-likeness (QED) is 0.590. The standard InChI is InChI=1S/C20H19F3N2O2/c1-26-18-4-2-3-15(11-18)13-27-19(12-25-10-9-24-14-25)16-5-7-17(8-6-16)20(21,22)23/h2-11,14,19H,12-13H2,1H3. The molecule has 0 aliphatic heterocycles. The highest BCUT2D eigenvalue weighted by atomic mass is 19.4. The Balaban J connectivity index is 1.78. The van der Waals surface area contributed by atoms with Crippen LogP contribution in [-0.2, 0) is 24.1 Å². The first-order chi connectivity index (χ1) is 13.0. The van der Waals surface area contributed by atoms with Crippen molar-refractivity contribution in [1.29, 1.82) is 0 Å². The molecule has 2 aromatic carbocycles. The van der Waals surface area contributed by atoms with E-state index in [4.69, 9.17) is 9.47 Å². The lowest BCUT2D eigenvalue weighted by atomic mass is 10.1. The van der Waals surface area contributed by atoms with Crippen molar-refractivity contribution in [2.75, 3.05) is 7.11 Å². The highest BCUT2D eigenvalue weighted by Gasteiger charge is 2.30. The molecule has 0 bridgehead atoms. The van der Waals surface area contributed by atoms with Crippen LogP contribution in [0.15, 0.2) is 67.3 Å². The van der Waals surface area contributed by atoms with Crippen LogP contribution in [0, 0.1) is 0 Å². The minimum Gasteiger partial charge on any atom is -0.497 e. The van der Waals surface area contributed by atoms with Gasteiger partial charge in [-0.2, -0.15) is 13.2 Å². The molecule has 142 valence electrons. The smallest absolute Gasteiger partial charge is 0.416 e. The first kappa shape index (κ1) is 19.0. The van der Waals surface area contributed by atoms with Gasteiger partial charge in [0, 0.05) is 12.4 Å². The van der Waals surface area contributed by atoms with Crippen LogP contribution in [0.3, 0.4) is 0 Å². The van der Waals surface area contributed by atoms with Crippen molar-refractivity contribution in [3.05, 3.63) is 83.9 Å². The molecule has 1 unspecified atom stereocenters. The van der Waals surface area contributed by atoms with E-state index in [1.807, 2.05) is 28.8 Å². The first-order valence-corrected chi connectivity index (χ1v) is 8.33. The zero-order valence-corrected chi connectivity index (χ0v) is 14.7. The van der Waals surface area contributed by atoms with E-state index >= 15 is 0 Å². The van der Waals surface area contributed by atoms with Crippen molar-refractivity contribution >= 4 is 0 Å². The minimum atomic E-state index is -4.36. The third kappa shape index (κ3) is 5.10. The van der Waals surface area contributed by atoms with Gasteiger partial charge in [0.2, 0.25) is 0 Å². The van der Waals surface area contributed by atoms with Gasteiger partial charge in [-0.15, -0.1) is 0 Å². The Bertz CT molecular complexity index is 846. The molecule has 7 heteroatoms. The number of hydrogen-bond donors (Lipinski definition) is 0. The van der Waals surface area contributed by atoms with Crippen molar-refractivity contribution < 1.29 is 22.6 Å². The molecule has 4 nitrogen and oxygen atoms in total. The number of hydrogen-bond acceptors (Lipinski definition) is 3. The molecule has 0 fully saturated rings. The van der Waals surface area contributed by atoms with E-state index in [-0.39, 0.29) is 0 Å². The SMILES string of the molecule is COc1cccc(COC(Cn2ccnc2)c2ccc(C(F)(F)F)cc2)c1. The highest BCUT2D eigenvalue weighted by Crippen LogP contribution is 2.31. The molecule has 0 saturated carbocycles.